The van der Waals surface area contributed by atoms with Gasteiger partial charge in [-0.2, -0.15) is 0 Å². The largest absolute Gasteiger partial charge is 0.493 e. The van der Waals surface area contributed by atoms with Crippen molar-refractivity contribution in [2.75, 3.05) is 32.9 Å². The third-order valence-electron chi connectivity index (χ3n) is 5.55. The standard InChI is InChI=1S/C22H28FN3O3/c1-14-9-18(10-15(2)24-14)29-13-17-5-4-6-26(12-17)16(3)21-19(23)11-20-22(25-21)28-8-7-27-20/h9-11,16-17H,4-8,12-13H2,1-3H3/t16-,17-/m1/s1. The van der Waals surface area contributed by atoms with Crippen molar-refractivity contribution in [3.05, 3.63) is 41.1 Å². The Balaban J connectivity index is 1.41. The molecule has 4 rings (SSSR count). The van der Waals surface area contributed by atoms with E-state index in [1.807, 2.05) is 32.9 Å². The summed E-state index contributed by atoms with van der Waals surface area (Å²) in [5, 5.41) is 0. The van der Waals surface area contributed by atoms with Gasteiger partial charge in [0, 0.05) is 42.0 Å². The highest BCUT2D eigenvalue weighted by molar-refractivity contribution is 5.37. The first-order valence-corrected chi connectivity index (χ1v) is 10.3. The van der Waals surface area contributed by atoms with Crippen LogP contribution in [0.15, 0.2) is 18.2 Å². The van der Waals surface area contributed by atoms with Gasteiger partial charge in [0.2, 0.25) is 0 Å². The highest BCUT2D eigenvalue weighted by Gasteiger charge is 2.29. The number of nitrogens with zero attached hydrogens (tertiary/aromatic N) is 3. The summed E-state index contributed by atoms with van der Waals surface area (Å²) in [4.78, 5) is 11.1. The Bertz CT molecular complexity index is 856. The van der Waals surface area contributed by atoms with Crippen molar-refractivity contribution in [2.45, 2.75) is 39.7 Å². The van der Waals surface area contributed by atoms with Crippen molar-refractivity contribution >= 4 is 0 Å². The summed E-state index contributed by atoms with van der Waals surface area (Å²) < 4.78 is 31.7. The Morgan fingerprint density at radius 1 is 1.17 bits per heavy atom. The third-order valence-corrected chi connectivity index (χ3v) is 5.55. The Morgan fingerprint density at radius 2 is 1.93 bits per heavy atom. The molecule has 2 aliphatic heterocycles. The molecule has 7 heteroatoms. The summed E-state index contributed by atoms with van der Waals surface area (Å²) in [7, 11) is 0. The van der Waals surface area contributed by atoms with Crippen LogP contribution in [-0.4, -0.2) is 47.8 Å². The van der Waals surface area contributed by atoms with Crippen molar-refractivity contribution < 1.29 is 18.6 Å². The average molecular weight is 401 g/mol. The molecule has 29 heavy (non-hydrogen) atoms. The van der Waals surface area contributed by atoms with Crippen LogP contribution in [0.2, 0.25) is 0 Å². The van der Waals surface area contributed by atoms with E-state index in [9.17, 15) is 4.39 Å². The second-order valence-electron chi connectivity index (χ2n) is 7.93. The molecule has 0 N–H and O–H groups in total. The van der Waals surface area contributed by atoms with E-state index in [-0.39, 0.29) is 11.9 Å². The lowest BCUT2D eigenvalue weighted by Gasteiger charge is -2.36. The second kappa shape index (κ2) is 8.53. The van der Waals surface area contributed by atoms with E-state index in [4.69, 9.17) is 14.2 Å². The molecule has 0 aliphatic carbocycles. The van der Waals surface area contributed by atoms with Crippen LogP contribution in [0.5, 0.6) is 17.4 Å². The van der Waals surface area contributed by atoms with E-state index in [0.717, 1.165) is 43.1 Å². The zero-order chi connectivity index (χ0) is 20.4. The molecule has 0 radical (unpaired) electrons. The molecule has 0 saturated carbocycles. The first-order chi connectivity index (χ1) is 14.0. The maximum absolute atomic E-state index is 14.7. The summed E-state index contributed by atoms with van der Waals surface area (Å²) >= 11 is 0. The van der Waals surface area contributed by atoms with Crippen LogP contribution in [0.1, 0.15) is 42.9 Å². The molecule has 0 unspecified atom stereocenters. The van der Waals surface area contributed by atoms with E-state index in [1.165, 1.54) is 6.07 Å². The molecule has 0 amide bonds. The Kier molecular flexibility index (Phi) is 5.85. The van der Waals surface area contributed by atoms with Crippen LogP contribution >= 0.6 is 0 Å². The van der Waals surface area contributed by atoms with Gasteiger partial charge < -0.3 is 14.2 Å². The van der Waals surface area contributed by atoms with Gasteiger partial charge in [-0.05, 0) is 40.2 Å². The quantitative estimate of drug-likeness (QED) is 0.758. The number of ether oxygens (including phenoxy) is 3. The molecule has 0 spiro atoms. The van der Waals surface area contributed by atoms with E-state index < -0.39 is 0 Å². The lowest BCUT2D eigenvalue weighted by molar-refractivity contribution is 0.0963. The predicted octanol–water partition coefficient (Wildman–Crippen LogP) is 3.86. The number of pyridine rings is 2. The van der Waals surface area contributed by atoms with Crippen LogP contribution < -0.4 is 14.2 Å². The number of hydrogen-bond acceptors (Lipinski definition) is 6. The van der Waals surface area contributed by atoms with Gasteiger partial charge in [-0.3, -0.25) is 9.88 Å². The Morgan fingerprint density at radius 3 is 2.72 bits per heavy atom. The molecule has 0 aromatic carbocycles. The van der Waals surface area contributed by atoms with Crippen LogP contribution in [0, 0.1) is 25.6 Å². The number of aryl methyl sites for hydroxylation is 2. The summed E-state index contributed by atoms with van der Waals surface area (Å²) in [6.07, 6.45) is 2.16. The number of piperidine rings is 1. The first kappa shape index (κ1) is 19.9. The smallest absolute Gasteiger partial charge is 0.257 e. The van der Waals surface area contributed by atoms with E-state index in [2.05, 4.69) is 14.9 Å². The lowest BCUT2D eigenvalue weighted by atomic mass is 9.97. The molecule has 156 valence electrons. The highest BCUT2D eigenvalue weighted by Crippen LogP contribution is 2.34. The monoisotopic (exact) mass is 401 g/mol. The minimum atomic E-state index is -0.345. The molecule has 6 nitrogen and oxygen atoms in total. The van der Waals surface area contributed by atoms with Gasteiger partial charge in [-0.1, -0.05) is 0 Å². The molecular weight excluding hydrogens is 373 g/mol. The predicted molar refractivity (Wildman–Crippen MR) is 107 cm³/mol. The van der Waals surface area contributed by atoms with E-state index in [0.29, 0.717) is 43.1 Å². The van der Waals surface area contributed by atoms with Crippen LogP contribution in [0.4, 0.5) is 4.39 Å². The van der Waals surface area contributed by atoms with Crippen molar-refractivity contribution in [3.8, 4) is 17.4 Å². The summed E-state index contributed by atoms with van der Waals surface area (Å²) in [5.74, 6) is 1.68. The summed E-state index contributed by atoms with van der Waals surface area (Å²) in [6, 6.07) is 5.18. The number of hydrogen-bond donors (Lipinski definition) is 0. The number of rotatable bonds is 5. The number of likely N-dealkylation sites (tertiary alicyclic amines) is 1. The second-order valence-corrected chi connectivity index (χ2v) is 7.93. The molecular formula is C22H28FN3O3. The molecule has 2 atom stereocenters. The number of aromatic nitrogens is 2. The zero-order valence-corrected chi connectivity index (χ0v) is 17.3. The fourth-order valence-corrected chi connectivity index (χ4v) is 4.11. The molecule has 2 aromatic rings. The Hall–Kier alpha value is -2.41. The minimum absolute atomic E-state index is 0.140. The van der Waals surface area contributed by atoms with Crippen molar-refractivity contribution in [1.29, 1.82) is 0 Å². The molecule has 2 aromatic heterocycles. The molecule has 1 fully saturated rings. The van der Waals surface area contributed by atoms with Crippen LogP contribution in [-0.2, 0) is 0 Å². The van der Waals surface area contributed by atoms with Crippen molar-refractivity contribution in [1.82, 2.24) is 14.9 Å². The first-order valence-electron chi connectivity index (χ1n) is 10.3. The lowest BCUT2D eigenvalue weighted by Crippen LogP contribution is -2.39. The summed E-state index contributed by atoms with van der Waals surface area (Å²) in [5.41, 5.74) is 2.33. The van der Waals surface area contributed by atoms with Crippen molar-refractivity contribution in [2.24, 2.45) is 5.92 Å². The van der Waals surface area contributed by atoms with E-state index in [1.54, 1.807) is 0 Å². The van der Waals surface area contributed by atoms with Gasteiger partial charge in [-0.25, -0.2) is 9.37 Å². The molecule has 1 saturated heterocycles. The number of fused-ring (bicyclic) bond motifs is 1. The van der Waals surface area contributed by atoms with Gasteiger partial charge in [0.1, 0.15) is 24.8 Å². The maximum Gasteiger partial charge on any atom is 0.257 e. The fourth-order valence-electron chi connectivity index (χ4n) is 4.11. The molecule has 2 aliphatic rings. The van der Waals surface area contributed by atoms with Gasteiger partial charge >= 0.3 is 0 Å². The van der Waals surface area contributed by atoms with Crippen LogP contribution in [0.3, 0.4) is 0 Å². The fraction of sp³-hybridized carbons (Fsp3) is 0.545. The summed E-state index contributed by atoms with van der Waals surface area (Å²) in [6.45, 7) is 9.21. The number of halogens is 1. The molecule has 0 bridgehead atoms. The average Bonchev–Trinajstić information content (AvgIpc) is 2.71. The van der Waals surface area contributed by atoms with Crippen LogP contribution in [0.25, 0.3) is 0 Å². The maximum atomic E-state index is 14.7. The van der Waals surface area contributed by atoms with Gasteiger partial charge in [0.25, 0.3) is 5.88 Å². The van der Waals surface area contributed by atoms with E-state index >= 15 is 0 Å². The Labute approximate surface area is 171 Å². The highest BCUT2D eigenvalue weighted by atomic mass is 19.1. The van der Waals surface area contributed by atoms with Crippen molar-refractivity contribution in [3.63, 3.8) is 0 Å². The van der Waals surface area contributed by atoms with Gasteiger partial charge in [0.15, 0.2) is 5.75 Å². The zero-order valence-electron chi connectivity index (χ0n) is 17.3. The van der Waals surface area contributed by atoms with Gasteiger partial charge in [-0.15, -0.1) is 0 Å². The topological polar surface area (TPSA) is 56.7 Å². The minimum Gasteiger partial charge on any atom is -0.493 e. The molecule has 4 heterocycles. The normalized spacial score (nSPS) is 20.3. The van der Waals surface area contributed by atoms with Gasteiger partial charge in [0.05, 0.1) is 18.3 Å². The SMILES string of the molecule is Cc1cc(OC[C@@H]2CCCN([C@H](C)c3nc4c(cc3F)OCCO4)C2)cc(C)n1. The third kappa shape index (κ3) is 4.61.